The number of aryl methyl sites for hydroxylation is 1. The zero-order valence-electron chi connectivity index (χ0n) is 8.13. The van der Waals surface area contributed by atoms with Crippen molar-refractivity contribution in [3.05, 3.63) is 29.3 Å². The van der Waals surface area contributed by atoms with Gasteiger partial charge in [-0.3, -0.25) is 9.59 Å². The minimum absolute atomic E-state index is 0.321. The lowest BCUT2D eigenvalue weighted by Crippen LogP contribution is -2.32. The van der Waals surface area contributed by atoms with Crippen molar-refractivity contribution in [1.82, 2.24) is 0 Å². The summed E-state index contributed by atoms with van der Waals surface area (Å²) in [5, 5.41) is 2.62. The third kappa shape index (κ3) is 1.13. The molecule has 0 aromatic heterocycles. The fourth-order valence-electron chi connectivity index (χ4n) is 1.74. The van der Waals surface area contributed by atoms with Crippen LogP contribution in [-0.2, 0) is 9.59 Å². The van der Waals surface area contributed by atoms with Crippen molar-refractivity contribution in [1.29, 1.82) is 0 Å². The maximum Gasteiger partial charge on any atom is 0.292 e. The van der Waals surface area contributed by atoms with Crippen LogP contribution in [0.5, 0.6) is 0 Å². The summed E-state index contributed by atoms with van der Waals surface area (Å²) >= 11 is 0. The number of Topliss-reactive ketones (excluding diaryl/α,β-unsaturated/α-hetero) is 1. The number of nitrogens with one attached hydrogen (secondary N) is 1. The molecule has 1 aliphatic rings. The van der Waals surface area contributed by atoms with Gasteiger partial charge in [0, 0.05) is 5.69 Å². The van der Waals surface area contributed by atoms with Crippen LogP contribution in [0.15, 0.2) is 18.2 Å². The highest BCUT2D eigenvalue weighted by Gasteiger charge is 2.30. The second kappa shape index (κ2) is 2.94. The summed E-state index contributed by atoms with van der Waals surface area (Å²) in [6.07, 6.45) is 0. The number of hydrogen-bond donors (Lipinski definition) is 1. The molecular formula is C11H11NO2. The molecule has 1 amide bonds. The molecule has 14 heavy (non-hydrogen) atoms. The number of carbonyl (C=O) groups is 2. The first-order valence-corrected chi connectivity index (χ1v) is 4.56. The highest BCUT2D eigenvalue weighted by atomic mass is 16.2. The molecule has 2 rings (SSSR count). The van der Waals surface area contributed by atoms with E-state index >= 15 is 0 Å². The number of para-hydroxylation sites is 1. The second-order valence-electron chi connectivity index (χ2n) is 3.58. The fourth-order valence-corrected chi connectivity index (χ4v) is 1.74. The maximum absolute atomic E-state index is 11.4. The molecule has 1 unspecified atom stereocenters. The lowest BCUT2D eigenvalue weighted by molar-refractivity contribution is -0.135. The Morgan fingerprint density at radius 1 is 1.29 bits per heavy atom. The SMILES string of the molecule is Cc1cccc2c1NC(=O)C(=O)C2C. The third-order valence-corrected chi connectivity index (χ3v) is 2.63. The van der Waals surface area contributed by atoms with E-state index in [1.165, 1.54) is 0 Å². The van der Waals surface area contributed by atoms with Gasteiger partial charge in [0.25, 0.3) is 5.91 Å². The van der Waals surface area contributed by atoms with Crippen molar-refractivity contribution in [3.63, 3.8) is 0 Å². The zero-order chi connectivity index (χ0) is 10.3. The van der Waals surface area contributed by atoms with Gasteiger partial charge in [-0.1, -0.05) is 25.1 Å². The second-order valence-corrected chi connectivity index (χ2v) is 3.58. The molecule has 0 radical (unpaired) electrons. The average Bonchev–Trinajstić information content (AvgIpc) is 2.17. The summed E-state index contributed by atoms with van der Waals surface area (Å²) in [6, 6.07) is 5.70. The minimum atomic E-state index is -0.501. The predicted octanol–water partition coefficient (Wildman–Crippen LogP) is 1.62. The van der Waals surface area contributed by atoms with E-state index in [1.807, 2.05) is 25.1 Å². The lowest BCUT2D eigenvalue weighted by atomic mass is 9.89. The van der Waals surface area contributed by atoms with Crippen LogP contribution in [0.3, 0.4) is 0 Å². The molecule has 3 heteroatoms. The topological polar surface area (TPSA) is 46.2 Å². The highest BCUT2D eigenvalue weighted by Crippen LogP contribution is 2.31. The Labute approximate surface area is 82.1 Å². The highest BCUT2D eigenvalue weighted by molar-refractivity contribution is 6.44. The summed E-state index contributed by atoms with van der Waals surface area (Å²) in [5.41, 5.74) is 2.70. The number of carbonyl (C=O) groups excluding carboxylic acids is 2. The van der Waals surface area contributed by atoms with E-state index in [0.717, 1.165) is 16.8 Å². The summed E-state index contributed by atoms with van der Waals surface area (Å²) in [5.74, 6) is -1.18. The molecule has 0 spiro atoms. The van der Waals surface area contributed by atoms with E-state index in [0.29, 0.717) is 0 Å². The van der Waals surface area contributed by atoms with Gasteiger partial charge in [-0.15, -0.1) is 0 Å². The van der Waals surface area contributed by atoms with Crippen molar-refractivity contribution in [3.8, 4) is 0 Å². The molecule has 1 aliphatic heterocycles. The van der Waals surface area contributed by atoms with Crippen molar-refractivity contribution < 1.29 is 9.59 Å². The Morgan fingerprint density at radius 2 is 2.00 bits per heavy atom. The van der Waals surface area contributed by atoms with Crippen molar-refractivity contribution in [2.75, 3.05) is 5.32 Å². The van der Waals surface area contributed by atoms with Crippen molar-refractivity contribution in [2.45, 2.75) is 19.8 Å². The summed E-state index contributed by atoms with van der Waals surface area (Å²) in [7, 11) is 0. The maximum atomic E-state index is 11.4. The molecule has 1 atom stereocenters. The number of hydrogen-bond acceptors (Lipinski definition) is 2. The van der Waals surface area contributed by atoms with Gasteiger partial charge < -0.3 is 5.32 Å². The quantitative estimate of drug-likeness (QED) is 0.630. The third-order valence-electron chi connectivity index (χ3n) is 2.63. The Morgan fingerprint density at radius 3 is 2.71 bits per heavy atom. The van der Waals surface area contributed by atoms with Crippen LogP contribution in [-0.4, -0.2) is 11.7 Å². The molecule has 0 bridgehead atoms. The van der Waals surface area contributed by atoms with E-state index in [-0.39, 0.29) is 11.7 Å². The molecule has 0 saturated carbocycles. The molecule has 1 aromatic carbocycles. The molecule has 72 valence electrons. The summed E-state index contributed by atoms with van der Waals surface area (Å²) in [6.45, 7) is 3.68. The van der Waals surface area contributed by atoms with Crippen LogP contribution >= 0.6 is 0 Å². The van der Waals surface area contributed by atoms with Crippen molar-refractivity contribution >= 4 is 17.4 Å². The van der Waals surface area contributed by atoms with Gasteiger partial charge in [0.1, 0.15) is 0 Å². The number of rotatable bonds is 0. The molecule has 1 N–H and O–H groups in total. The molecule has 0 fully saturated rings. The van der Waals surface area contributed by atoms with Crippen LogP contribution in [0.1, 0.15) is 24.0 Å². The lowest BCUT2D eigenvalue weighted by Gasteiger charge is -2.22. The van der Waals surface area contributed by atoms with E-state index in [9.17, 15) is 9.59 Å². The Hall–Kier alpha value is -1.64. The number of amides is 1. The van der Waals surface area contributed by atoms with Crippen LogP contribution in [0.25, 0.3) is 0 Å². The van der Waals surface area contributed by atoms with Gasteiger partial charge in [0.2, 0.25) is 5.78 Å². The molecule has 3 nitrogen and oxygen atoms in total. The normalized spacial score (nSPS) is 20.3. The number of fused-ring (bicyclic) bond motifs is 1. The van der Waals surface area contributed by atoms with E-state index in [2.05, 4.69) is 5.32 Å². The zero-order valence-corrected chi connectivity index (χ0v) is 8.13. The van der Waals surface area contributed by atoms with E-state index in [1.54, 1.807) is 6.92 Å². The smallest absolute Gasteiger partial charge is 0.292 e. The van der Waals surface area contributed by atoms with Crippen LogP contribution < -0.4 is 5.32 Å². The van der Waals surface area contributed by atoms with Gasteiger partial charge in [-0.25, -0.2) is 0 Å². The fraction of sp³-hybridized carbons (Fsp3) is 0.273. The largest absolute Gasteiger partial charge is 0.319 e. The monoisotopic (exact) mass is 189 g/mol. The van der Waals surface area contributed by atoms with Gasteiger partial charge in [0.05, 0.1) is 5.92 Å². The standard InChI is InChI=1S/C11H11NO2/c1-6-4-3-5-8-7(2)10(13)11(14)12-9(6)8/h3-5,7H,1-2H3,(H,12,14). The summed E-state index contributed by atoms with van der Waals surface area (Å²) < 4.78 is 0. The molecule has 0 saturated heterocycles. The van der Waals surface area contributed by atoms with Crippen molar-refractivity contribution in [2.24, 2.45) is 0 Å². The molecular weight excluding hydrogens is 178 g/mol. The van der Waals surface area contributed by atoms with Gasteiger partial charge >= 0.3 is 0 Å². The molecule has 1 aromatic rings. The molecule has 0 aliphatic carbocycles. The van der Waals surface area contributed by atoms with Crippen LogP contribution in [0, 0.1) is 6.92 Å². The van der Waals surface area contributed by atoms with Crippen LogP contribution in [0.2, 0.25) is 0 Å². The first-order valence-electron chi connectivity index (χ1n) is 4.56. The average molecular weight is 189 g/mol. The Balaban J connectivity index is 2.61. The Kier molecular flexibility index (Phi) is 1.88. The Bertz CT molecular complexity index is 423. The first kappa shape index (κ1) is 8.94. The first-order chi connectivity index (χ1) is 6.61. The minimum Gasteiger partial charge on any atom is -0.319 e. The van der Waals surface area contributed by atoms with Crippen LogP contribution in [0.4, 0.5) is 5.69 Å². The number of ketones is 1. The van der Waals surface area contributed by atoms with E-state index in [4.69, 9.17) is 0 Å². The number of anilines is 1. The van der Waals surface area contributed by atoms with Gasteiger partial charge in [-0.2, -0.15) is 0 Å². The van der Waals surface area contributed by atoms with Gasteiger partial charge in [-0.05, 0) is 18.1 Å². The van der Waals surface area contributed by atoms with Gasteiger partial charge in [0.15, 0.2) is 0 Å². The predicted molar refractivity (Wildman–Crippen MR) is 53.2 cm³/mol. The van der Waals surface area contributed by atoms with E-state index < -0.39 is 5.91 Å². The molecule has 1 heterocycles. The summed E-state index contributed by atoms with van der Waals surface area (Å²) in [4.78, 5) is 22.6. The number of benzene rings is 1.